The molecule has 0 radical (unpaired) electrons. The fourth-order valence-electron chi connectivity index (χ4n) is 2.48. The summed E-state index contributed by atoms with van der Waals surface area (Å²) < 4.78 is 18.6. The number of nitrogens with zero attached hydrogens (tertiary/aromatic N) is 3. The van der Waals surface area contributed by atoms with Gasteiger partial charge >= 0.3 is 0 Å². The maximum absolute atomic E-state index is 12.9. The van der Waals surface area contributed by atoms with E-state index in [1.807, 2.05) is 0 Å². The Balaban J connectivity index is 1.64. The lowest BCUT2D eigenvalue weighted by Crippen LogP contribution is -2.46. The molecule has 2 heterocycles. The molecule has 1 aromatic heterocycles. The van der Waals surface area contributed by atoms with Gasteiger partial charge in [-0.2, -0.15) is 0 Å². The minimum atomic E-state index is -0.257. The molecule has 1 saturated heterocycles. The van der Waals surface area contributed by atoms with Gasteiger partial charge in [0.2, 0.25) is 0 Å². The predicted octanol–water partition coefficient (Wildman–Crippen LogP) is 1.70. The van der Waals surface area contributed by atoms with Gasteiger partial charge < -0.3 is 9.64 Å². The van der Waals surface area contributed by atoms with Crippen molar-refractivity contribution < 1.29 is 13.9 Å². The number of carbonyl (C=O) groups excluding carboxylic acids is 1. The lowest BCUT2D eigenvalue weighted by atomic mass is 10.1. The molecule has 5 nitrogen and oxygen atoms in total. The highest BCUT2D eigenvalue weighted by Crippen LogP contribution is 2.14. The fourth-order valence-corrected chi connectivity index (χ4v) is 2.48. The Hall–Kier alpha value is -2.34. The molecule has 0 bridgehead atoms. The van der Waals surface area contributed by atoms with Crippen LogP contribution in [0.1, 0.15) is 16.1 Å². The molecule has 1 aliphatic rings. The average molecular weight is 301 g/mol. The maximum atomic E-state index is 12.9. The van der Waals surface area contributed by atoms with Gasteiger partial charge in [-0.25, -0.2) is 9.37 Å². The zero-order valence-electron chi connectivity index (χ0n) is 12.0. The van der Waals surface area contributed by atoms with E-state index in [2.05, 4.69) is 9.97 Å². The minimum absolute atomic E-state index is 0.0974. The summed E-state index contributed by atoms with van der Waals surface area (Å²) in [5.74, 6) is -0.395. The van der Waals surface area contributed by atoms with Crippen molar-refractivity contribution in [3.8, 4) is 0 Å². The van der Waals surface area contributed by atoms with Crippen molar-refractivity contribution in [1.82, 2.24) is 14.9 Å². The third-order valence-electron chi connectivity index (χ3n) is 3.58. The van der Waals surface area contributed by atoms with Crippen LogP contribution in [0.4, 0.5) is 4.39 Å². The highest BCUT2D eigenvalue weighted by Gasteiger charge is 2.25. The molecule has 114 valence electrons. The Labute approximate surface area is 127 Å². The van der Waals surface area contributed by atoms with Gasteiger partial charge in [0.15, 0.2) is 0 Å². The summed E-state index contributed by atoms with van der Waals surface area (Å²) in [6.45, 7) is 1.51. The lowest BCUT2D eigenvalue weighted by Gasteiger charge is -2.32. The van der Waals surface area contributed by atoms with Crippen LogP contribution in [0.2, 0.25) is 0 Å². The van der Waals surface area contributed by atoms with E-state index in [-0.39, 0.29) is 17.8 Å². The molecule has 0 N–H and O–H groups in total. The minimum Gasteiger partial charge on any atom is -0.374 e. The van der Waals surface area contributed by atoms with E-state index in [4.69, 9.17) is 4.74 Å². The van der Waals surface area contributed by atoms with Gasteiger partial charge in [-0.3, -0.25) is 9.78 Å². The first-order valence-corrected chi connectivity index (χ1v) is 7.14. The Kier molecular flexibility index (Phi) is 4.39. The van der Waals surface area contributed by atoms with Gasteiger partial charge in [0.1, 0.15) is 11.5 Å². The number of morpholine rings is 1. The van der Waals surface area contributed by atoms with E-state index in [9.17, 15) is 9.18 Å². The zero-order chi connectivity index (χ0) is 15.4. The summed E-state index contributed by atoms with van der Waals surface area (Å²) in [7, 11) is 0. The second kappa shape index (κ2) is 6.62. The zero-order valence-corrected chi connectivity index (χ0v) is 12.0. The van der Waals surface area contributed by atoms with Crippen molar-refractivity contribution in [2.24, 2.45) is 0 Å². The number of ether oxygens (including phenoxy) is 1. The topological polar surface area (TPSA) is 55.3 Å². The standard InChI is InChI=1S/C16H16FN3O2/c17-13-3-1-12(2-4-13)9-14-11-20(7-8-22-14)16(21)15-10-18-5-6-19-15/h1-6,10,14H,7-9,11H2/t14-/m1/s1. The summed E-state index contributed by atoms with van der Waals surface area (Å²) in [6.07, 6.45) is 5.05. The molecular formula is C16H16FN3O2. The van der Waals surface area contributed by atoms with Gasteiger partial charge in [-0.1, -0.05) is 12.1 Å². The second-order valence-electron chi connectivity index (χ2n) is 5.17. The van der Waals surface area contributed by atoms with Crippen molar-refractivity contribution in [3.05, 3.63) is 59.9 Å². The van der Waals surface area contributed by atoms with Crippen molar-refractivity contribution >= 4 is 5.91 Å². The van der Waals surface area contributed by atoms with Crippen LogP contribution in [-0.4, -0.2) is 46.6 Å². The molecule has 6 heteroatoms. The number of hydrogen-bond donors (Lipinski definition) is 0. The molecule has 2 aromatic rings. The van der Waals surface area contributed by atoms with E-state index < -0.39 is 0 Å². The molecule has 1 aromatic carbocycles. The molecule has 0 aliphatic carbocycles. The number of halogens is 1. The quantitative estimate of drug-likeness (QED) is 0.866. The number of rotatable bonds is 3. The first-order valence-electron chi connectivity index (χ1n) is 7.14. The lowest BCUT2D eigenvalue weighted by molar-refractivity contribution is -0.0210. The van der Waals surface area contributed by atoms with E-state index in [1.54, 1.807) is 17.0 Å². The summed E-state index contributed by atoms with van der Waals surface area (Å²) in [5, 5.41) is 0. The molecule has 22 heavy (non-hydrogen) atoms. The molecular weight excluding hydrogens is 285 g/mol. The van der Waals surface area contributed by atoms with E-state index in [0.29, 0.717) is 31.8 Å². The highest BCUT2D eigenvalue weighted by atomic mass is 19.1. The average Bonchev–Trinajstić information content (AvgIpc) is 2.57. The van der Waals surface area contributed by atoms with Crippen LogP contribution in [0, 0.1) is 5.82 Å². The van der Waals surface area contributed by atoms with Crippen molar-refractivity contribution in [1.29, 1.82) is 0 Å². The Morgan fingerprint density at radius 2 is 2.14 bits per heavy atom. The summed E-state index contributed by atoms with van der Waals surface area (Å²) in [6, 6.07) is 6.34. The van der Waals surface area contributed by atoms with Crippen LogP contribution in [0.25, 0.3) is 0 Å². The summed E-state index contributed by atoms with van der Waals surface area (Å²) in [4.78, 5) is 22.0. The van der Waals surface area contributed by atoms with Gasteiger partial charge in [0.05, 0.1) is 18.9 Å². The molecule has 0 unspecified atom stereocenters. The Morgan fingerprint density at radius 3 is 2.86 bits per heavy atom. The highest BCUT2D eigenvalue weighted by molar-refractivity contribution is 5.92. The number of aromatic nitrogens is 2. The maximum Gasteiger partial charge on any atom is 0.274 e. The van der Waals surface area contributed by atoms with Gasteiger partial charge in [-0.05, 0) is 17.7 Å². The SMILES string of the molecule is O=C(c1cnccn1)N1CCO[C@H](Cc2ccc(F)cc2)C1. The molecule has 0 spiro atoms. The fraction of sp³-hybridized carbons (Fsp3) is 0.312. The first kappa shape index (κ1) is 14.6. The largest absolute Gasteiger partial charge is 0.374 e. The van der Waals surface area contributed by atoms with Crippen LogP contribution in [0.5, 0.6) is 0 Å². The predicted molar refractivity (Wildman–Crippen MR) is 77.8 cm³/mol. The van der Waals surface area contributed by atoms with Crippen LogP contribution in [0.3, 0.4) is 0 Å². The third kappa shape index (κ3) is 3.46. The Morgan fingerprint density at radius 1 is 1.32 bits per heavy atom. The molecule has 1 fully saturated rings. The van der Waals surface area contributed by atoms with Crippen LogP contribution >= 0.6 is 0 Å². The van der Waals surface area contributed by atoms with E-state index in [1.165, 1.54) is 30.7 Å². The van der Waals surface area contributed by atoms with Gasteiger partial charge in [0.25, 0.3) is 5.91 Å². The summed E-state index contributed by atoms with van der Waals surface area (Å²) in [5.41, 5.74) is 1.32. The number of carbonyl (C=O) groups is 1. The van der Waals surface area contributed by atoms with Crippen LogP contribution in [-0.2, 0) is 11.2 Å². The van der Waals surface area contributed by atoms with E-state index in [0.717, 1.165) is 5.56 Å². The molecule has 1 atom stereocenters. The third-order valence-corrected chi connectivity index (χ3v) is 3.58. The van der Waals surface area contributed by atoms with Gasteiger partial charge in [0, 0.05) is 31.9 Å². The second-order valence-corrected chi connectivity index (χ2v) is 5.17. The number of amides is 1. The van der Waals surface area contributed by atoms with Crippen molar-refractivity contribution in [2.45, 2.75) is 12.5 Å². The van der Waals surface area contributed by atoms with Crippen LogP contribution < -0.4 is 0 Å². The first-order chi connectivity index (χ1) is 10.7. The smallest absolute Gasteiger partial charge is 0.274 e. The molecule has 3 rings (SSSR count). The molecule has 1 aliphatic heterocycles. The Bertz CT molecular complexity index is 634. The van der Waals surface area contributed by atoms with Crippen molar-refractivity contribution in [3.63, 3.8) is 0 Å². The number of hydrogen-bond acceptors (Lipinski definition) is 4. The summed E-state index contributed by atoms with van der Waals surface area (Å²) >= 11 is 0. The number of benzene rings is 1. The van der Waals surface area contributed by atoms with Crippen LogP contribution in [0.15, 0.2) is 42.9 Å². The monoisotopic (exact) mass is 301 g/mol. The molecule has 1 amide bonds. The molecule has 0 saturated carbocycles. The van der Waals surface area contributed by atoms with E-state index >= 15 is 0 Å². The van der Waals surface area contributed by atoms with Crippen molar-refractivity contribution in [2.75, 3.05) is 19.7 Å². The van der Waals surface area contributed by atoms with Gasteiger partial charge in [-0.15, -0.1) is 0 Å². The normalized spacial score (nSPS) is 18.2.